The smallest absolute Gasteiger partial charge is 0.225 e. The molecule has 2 atom stereocenters. The third-order valence-electron chi connectivity index (χ3n) is 6.68. The number of para-hydroxylation sites is 1. The molecule has 0 aliphatic heterocycles. The molecule has 0 fully saturated rings. The molecule has 0 aliphatic rings. The number of methoxy groups -OCH3 is 1. The number of amides is 1. The molecule has 5 rings (SSSR count). The van der Waals surface area contributed by atoms with E-state index in [1.54, 1.807) is 38.3 Å². The van der Waals surface area contributed by atoms with Gasteiger partial charge < -0.3 is 24.8 Å². The Labute approximate surface area is 220 Å². The van der Waals surface area contributed by atoms with Crippen molar-refractivity contribution in [3.63, 3.8) is 0 Å². The van der Waals surface area contributed by atoms with Crippen LogP contribution in [0.25, 0.3) is 11.0 Å². The van der Waals surface area contributed by atoms with Gasteiger partial charge in [0.05, 0.1) is 19.6 Å². The summed E-state index contributed by atoms with van der Waals surface area (Å²) in [5.41, 5.74) is 2.33. The van der Waals surface area contributed by atoms with Gasteiger partial charge in [0.25, 0.3) is 0 Å². The van der Waals surface area contributed by atoms with E-state index in [-0.39, 0.29) is 18.4 Å². The Kier molecular flexibility index (Phi) is 6.85. The zero-order valence-corrected chi connectivity index (χ0v) is 21.1. The van der Waals surface area contributed by atoms with Crippen LogP contribution in [-0.4, -0.2) is 18.1 Å². The molecule has 2 heterocycles. The third-order valence-corrected chi connectivity index (χ3v) is 6.68. The Morgan fingerprint density at radius 1 is 1.03 bits per heavy atom. The lowest BCUT2D eigenvalue weighted by Crippen LogP contribution is -2.30. The van der Waals surface area contributed by atoms with Gasteiger partial charge in [0.2, 0.25) is 5.91 Å². The SMILES string of the molecule is COc1ccccc1C(NC(=O)Cc1ccc2oc(C(C)(O)c3cc[n+]([O-])cc3)cc2c1)c1ccccc1. The van der Waals surface area contributed by atoms with Crippen LogP contribution in [0.4, 0.5) is 0 Å². The van der Waals surface area contributed by atoms with Gasteiger partial charge in [0.15, 0.2) is 12.4 Å². The molecule has 0 bridgehead atoms. The van der Waals surface area contributed by atoms with Gasteiger partial charge in [0, 0.05) is 28.6 Å². The van der Waals surface area contributed by atoms with Crippen LogP contribution in [0.5, 0.6) is 5.75 Å². The number of aliphatic hydroxyl groups is 1. The number of fused-ring (bicyclic) bond motifs is 1. The maximum absolute atomic E-state index is 13.2. The van der Waals surface area contributed by atoms with Gasteiger partial charge in [-0.2, -0.15) is 4.73 Å². The lowest BCUT2D eigenvalue weighted by Gasteiger charge is -2.22. The standard InChI is InChI=1S/C31H28N2O5/c1-31(35,24-14-16-33(36)17-15-24)28-20-23-18-21(12-13-26(23)38-28)19-29(34)32-30(22-8-4-3-5-9-22)25-10-6-7-11-27(25)37-2/h3-18,20,30,35H,19H2,1-2H3,(H,32,34). The minimum atomic E-state index is -1.43. The number of carbonyl (C=O) groups is 1. The lowest BCUT2D eigenvalue weighted by atomic mass is 9.94. The highest BCUT2D eigenvalue weighted by molar-refractivity contribution is 5.83. The molecule has 0 saturated heterocycles. The Hall–Kier alpha value is -4.62. The van der Waals surface area contributed by atoms with Crippen LogP contribution in [0.15, 0.2) is 108 Å². The number of hydrogen-bond acceptors (Lipinski definition) is 5. The zero-order chi connectivity index (χ0) is 26.7. The molecule has 2 aromatic heterocycles. The number of furan rings is 1. The van der Waals surface area contributed by atoms with Gasteiger partial charge in [-0.15, -0.1) is 0 Å². The minimum Gasteiger partial charge on any atom is -0.619 e. The van der Waals surface area contributed by atoms with Gasteiger partial charge in [0.1, 0.15) is 22.7 Å². The Morgan fingerprint density at radius 2 is 1.74 bits per heavy atom. The molecule has 2 N–H and O–H groups in total. The molecule has 1 amide bonds. The number of aromatic nitrogens is 1. The Morgan fingerprint density at radius 3 is 2.47 bits per heavy atom. The van der Waals surface area contributed by atoms with Crippen molar-refractivity contribution >= 4 is 16.9 Å². The van der Waals surface area contributed by atoms with Gasteiger partial charge in [-0.25, -0.2) is 0 Å². The average Bonchev–Trinajstić information content (AvgIpc) is 3.37. The van der Waals surface area contributed by atoms with Crippen LogP contribution < -0.4 is 14.8 Å². The predicted molar refractivity (Wildman–Crippen MR) is 143 cm³/mol. The highest BCUT2D eigenvalue weighted by atomic mass is 16.5. The number of benzene rings is 3. The fraction of sp³-hybridized carbons (Fsp3) is 0.161. The second-order valence-electron chi connectivity index (χ2n) is 9.33. The van der Waals surface area contributed by atoms with Gasteiger partial charge in [-0.3, -0.25) is 4.79 Å². The number of carbonyl (C=O) groups excluding carboxylic acids is 1. The maximum Gasteiger partial charge on any atom is 0.225 e. The number of rotatable bonds is 8. The summed E-state index contributed by atoms with van der Waals surface area (Å²) in [6, 6.07) is 27.4. The van der Waals surface area contributed by atoms with Crippen molar-refractivity contribution in [2.45, 2.75) is 25.0 Å². The first-order chi connectivity index (χ1) is 18.3. The number of ether oxygens (including phenoxy) is 1. The van der Waals surface area contributed by atoms with Crippen LogP contribution in [-0.2, 0) is 16.8 Å². The van der Waals surface area contributed by atoms with Crippen molar-refractivity contribution in [3.8, 4) is 5.75 Å². The zero-order valence-electron chi connectivity index (χ0n) is 21.1. The van der Waals surface area contributed by atoms with E-state index < -0.39 is 5.60 Å². The second kappa shape index (κ2) is 10.4. The minimum absolute atomic E-state index is 0.143. The fourth-order valence-corrected chi connectivity index (χ4v) is 4.61. The molecular formula is C31H28N2O5. The first-order valence-electron chi connectivity index (χ1n) is 12.3. The largest absolute Gasteiger partial charge is 0.619 e. The van der Waals surface area contributed by atoms with E-state index in [2.05, 4.69) is 5.32 Å². The van der Waals surface area contributed by atoms with Gasteiger partial charge in [-0.1, -0.05) is 54.6 Å². The van der Waals surface area contributed by atoms with E-state index >= 15 is 0 Å². The molecule has 38 heavy (non-hydrogen) atoms. The Balaban J connectivity index is 1.38. The number of hydrogen-bond donors (Lipinski definition) is 2. The molecule has 0 spiro atoms. The summed E-state index contributed by atoms with van der Waals surface area (Å²) < 4.78 is 12.2. The summed E-state index contributed by atoms with van der Waals surface area (Å²) in [5.74, 6) is 0.901. The van der Waals surface area contributed by atoms with Gasteiger partial charge in [-0.05, 0) is 42.3 Å². The van der Waals surface area contributed by atoms with E-state index in [0.717, 1.165) is 22.1 Å². The van der Waals surface area contributed by atoms with Crippen LogP contribution in [0.2, 0.25) is 0 Å². The number of pyridine rings is 1. The second-order valence-corrected chi connectivity index (χ2v) is 9.33. The number of nitrogens with zero attached hydrogens (tertiary/aromatic N) is 1. The summed E-state index contributed by atoms with van der Waals surface area (Å²) in [6.45, 7) is 1.62. The normalized spacial score (nSPS) is 13.6. The maximum atomic E-state index is 13.2. The number of nitrogens with one attached hydrogen (secondary N) is 1. The highest BCUT2D eigenvalue weighted by Gasteiger charge is 2.30. The molecule has 0 saturated carbocycles. The van der Waals surface area contributed by atoms with E-state index in [1.165, 1.54) is 12.4 Å². The monoisotopic (exact) mass is 508 g/mol. The third kappa shape index (κ3) is 5.10. The molecule has 2 unspecified atom stereocenters. The predicted octanol–water partition coefficient (Wildman–Crippen LogP) is 4.78. The molecular weight excluding hydrogens is 480 g/mol. The van der Waals surface area contributed by atoms with Crippen molar-refractivity contribution in [3.05, 3.63) is 137 Å². The van der Waals surface area contributed by atoms with Crippen molar-refractivity contribution in [2.75, 3.05) is 7.11 Å². The summed E-state index contributed by atoms with van der Waals surface area (Å²) >= 11 is 0. The van der Waals surface area contributed by atoms with Crippen LogP contribution in [0.1, 0.15) is 41.0 Å². The van der Waals surface area contributed by atoms with Crippen LogP contribution in [0, 0.1) is 5.21 Å². The fourth-order valence-electron chi connectivity index (χ4n) is 4.61. The topological polar surface area (TPSA) is 98.6 Å². The van der Waals surface area contributed by atoms with Crippen LogP contribution >= 0.6 is 0 Å². The van der Waals surface area contributed by atoms with Crippen molar-refractivity contribution in [1.82, 2.24) is 5.32 Å². The molecule has 0 aliphatic carbocycles. The lowest BCUT2D eigenvalue weighted by molar-refractivity contribution is -0.605. The van der Waals surface area contributed by atoms with Crippen molar-refractivity contribution < 1.29 is 23.8 Å². The quantitative estimate of drug-likeness (QED) is 0.232. The molecule has 7 heteroatoms. The van der Waals surface area contributed by atoms with E-state index in [4.69, 9.17) is 9.15 Å². The summed E-state index contributed by atoms with van der Waals surface area (Å²) in [4.78, 5) is 13.2. The molecule has 192 valence electrons. The Bertz CT molecular complexity index is 1560. The summed E-state index contributed by atoms with van der Waals surface area (Å²) in [5, 5.41) is 26.5. The summed E-state index contributed by atoms with van der Waals surface area (Å²) in [6.07, 6.45) is 2.82. The molecule has 3 aromatic carbocycles. The van der Waals surface area contributed by atoms with Crippen molar-refractivity contribution in [2.24, 2.45) is 0 Å². The molecule has 5 aromatic rings. The van der Waals surface area contributed by atoms with Crippen molar-refractivity contribution in [1.29, 1.82) is 0 Å². The molecule has 7 nitrogen and oxygen atoms in total. The summed E-state index contributed by atoms with van der Waals surface area (Å²) in [7, 11) is 1.62. The highest BCUT2D eigenvalue weighted by Crippen LogP contribution is 2.34. The first kappa shape index (κ1) is 25.0. The van der Waals surface area contributed by atoms with E-state index in [1.807, 2.05) is 66.7 Å². The van der Waals surface area contributed by atoms with E-state index in [9.17, 15) is 15.1 Å². The molecule has 0 radical (unpaired) electrons. The average molecular weight is 509 g/mol. The van der Waals surface area contributed by atoms with E-state index in [0.29, 0.717) is 27.4 Å². The van der Waals surface area contributed by atoms with Gasteiger partial charge >= 0.3 is 0 Å². The first-order valence-corrected chi connectivity index (χ1v) is 12.3. The van der Waals surface area contributed by atoms with Crippen LogP contribution in [0.3, 0.4) is 0 Å².